The molecule has 1 heterocycles. The summed E-state index contributed by atoms with van der Waals surface area (Å²) in [5.41, 5.74) is 1.42. The summed E-state index contributed by atoms with van der Waals surface area (Å²) in [6.07, 6.45) is -0.482. The van der Waals surface area contributed by atoms with E-state index in [1.165, 1.54) is 36.3 Å². The number of carbonyl (C=O) groups excluding carboxylic acids is 3. The number of esters is 1. The Labute approximate surface area is 189 Å². The minimum absolute atomic E-state index is 0.101. The number of nitrogens with zero attached hydrogens (tertiary/aromatic N) is 1. The first-order chi connectivity index (χ1) is 15.6. The number of rotatable bonds is 7. The number of benzene rings is 2. The quantitative estimate of drug-likeness (QED) is 0.265. The fraction of sp³-hybridized carbons (Fsp3) is 0.238. The standard InChI is InChI=1S/C21H21N3O8S/c1-30-20(26)15-5-3-14(4-6-15)19(25)23-18(22)13-7-9-16(10-8-13)24-11-17(32-21(24)27)12-31-33(2,28)29/h3-10,17H,11-12H2,1-2H3,(H2,22,23,25). The van der Waals surface area contributed by atoms with Crippen molar-refractivity contribution in [1.29, 1.82) is 5.41 Å². The molecule has 12 heteroatoms. The lowest BCUT2D eigenvalue weighted by molar-refractivity contribution is 0.0600. The topological polar surface area (TPSA) is 152 Å². The highest BCUT2D eigenvalue weighted by Crippen LogP contribution is 2.22. The summed E-state index contributed by atoms with van der Waals surface area (Å²) in [6.45, 7) is -0.181. The molecule has 0 spiro atoms. The predicted molar refractivity (Wildman–Crippen MR) is 117 cm³/mol. The molecular weight excluding hydrogens is 454 g/mol. The molecule has 33 heavy (non-hydrogen) atoms. The minimum Gasteiger partial charge on any atom is -0.465 e. The van der Waals surface area contributed by atoms with Gasteiger partial charge in [-0.25, -0.2) is 9.59 Å². The number of hydrogen-bond acceptors (Lipinski definition) is 9. The van der Waals surface area contributed by atoms with Crippen LogP contribution in [0.5, 0.6) is 0 Å². The number of ether oxygens (including phenoxy) is 2. The van der Waals surface area contributed by atoms with Gasteiger partial charge in [-0.3, -0.25) is 19.3 Å². The average Bonchev–Trinajstić information content (AvgIpc) is 3.17. The molecule has 0 radical (unpaired) electrons. The highest BCUT2D eigenvalue weighted by Gasteiger charge is 2.33. The Morgan fingerprint density at radius 3 is 2.24 bits per heavy atom. The van der Waals surface area contributed by atoms with Gasteiger partial charge in [-0.05, 0) is 48.5 Å². The average molecular weight is 475 g/mol. The molecule has 1 aliphatic rings. The van der Waals surface area contributed by atoms with E-state index in [1.54, 1.807) is 24.3 Å². The lowest BCUT2D eigenvalue weighted by atomic mass is 10.1. The lowest BCUT2D eigenvalue weighted by Crippen LogP contribution is -2.30. The molecule has 1 fully saturated rings. The first-order valence-electron chi connectivity index (χ1n) is 9.58. The second-order valence-corrected chi connectivity index (χ2v) is 8.69. The summed E-state index contributed by atoms with van der Waals surface area (Å²) in [5, 5.41) is 10.6. The smallest absolute Gasteiger partial charge is 0.414 e. The van der Waals surface area contributed by atoms with E-state index in [4.69, 9.17) is 10.1 Å². The predicted octanol–water partition coefficient (Wildman–Crippen LogP) is 1.53. The van der Waals surface area contributed by atoms with Crippen molar-refractivity contribution >= 4 is 39.6 Å². The van der Waals surface area contributed by atoms with Gasteiger partial charge in [-0.15, -0.1) is 0 Å². The van der Waals surface area contributed by atoms with Gasteiger partial charge in [-0.1, -0.05) is 0 Å². The maximum Gasteiger partial charge on any atom is 0.414 e. The Bertz CT molecular complexity index is 1180. The maximum atomic E-state index is 12.4. The third kappa shape index (κ3) is 6.14. The van der Waals surface area contributed by atoms with Crippen LogP contribution in [0.4, 0.5) is 10.5 Å². The van der Waals surface area contributed by atoms with Crippen molar-refractivity contribution < 1.29 is 36.5 Å². The van der Waals surface area contributed by atoms with E-state index in [2.05, 4.69) is 14.2 Å². The SMILES string of the molecule is COC(=O)c1ccc(C(=O)NC(=N)c2ccc(N3CC(COS(C)(=O)=O)OC3=O)cc2)cc1. The number of nitrogens with one attached hydrogen (secondary N) is 2. The van der Waals surface area contributed by atoms with Gasteiger partial charge in [0.1, 0.15) is 18.5 Å². The third-order valence-electron chi connectivity index (χ3n) is 4.62. The van der Waals surface area contributed by atoms with Gasteiger partial charge < -0.3 is 14.8 Å². The Hall–Kier alpha value is -3.77. The van der Waals surface area contributed by atoms with E-state index < -0.39 is 34.2 Å². The minimum atomic E-state index is -3.65. The van der Waals surface area contributed by atoms with Crippen LogP contribution in [0.1, 0.15) is 26.3 Å². The van der Waals surface area contributed by atoms with Crippen LogP contribution in [0, 0.1) is 5.41 Å². The Morgan fingerprint density at radius 1 is 1.09 bits per heavy atom. The summed E-state index contributed by atoms with van der Waals surface area (Å²) < 4.78 is 36.6. The van der Waals surface area contributed by atoms with Crippen molar-refractivity contribution in [3.63, 3.8) is 0 Å². The zero-order valence-corrected chi connectivity index (χ0v) is 18.5. The van der Waals surface area contributed by atoms with Crippen LogP contribution < -0.4 is 10.2 Å². The van der Waals surface area contributed by atoms with Crippen LogP contribution in [0.15, 0.2) is 48.5 Å². The highest BCUT2D eigenvalue weighted by atomic mass is 32.2. The number of carbonyl (C=O) groups is 3. The highest BCUT2D eigenvalue weighted by molar-refractivity contribution is 7.85. The summed E-state index contributed by atoms with van der Waals surface area (Å²) in [5.74, 6) is -1.21. The van der Waals surface area contributed by atoms with Gasteiger partial charge in [0.05, 0.1) is 25.5 Å². The fourth-order valence-corrected chi connectivity index (χ4v) is 3.36. The second-order valence-electron chi connectivity index (χ2n) is 7.05. The van der Waals surface area contributed by atoms with Crippen LogP contribution >= 0.6 is 0 Å². The normalized spacial score (nSPS) is 15.6. The molecule has 2 amide bonds. The summed E-state index contributed by atoms with van der Waals surface area (Å²) in [6, 6.07) is 12.0. The van der Waals surface area contributed by atoms with Gasteiger partial charge in [-0.2, -0.15) is 8.42 Å². The first kappa shape index (κ1) is 23.9. The van der Waals surface area contributed by atoms with Gasteiger partial charge in [0.15, 0.2) is 0 Å². The van der Waals surface area contributed by atoms with E-state index in [-0.39, 0.29) is 24.6 Å². The lowest BCUT2D eigenvalue weighted by Gasteiger charge is -2.14. The van der Waals surface area contributed by atoms with Crippen molar-refractivity contribution in [2.45, 2.75) is 6.10 Å². The molecule has 3 rings (SSSR count). The maximum absolute atomic E-state index is 12.4. The number of amides is 2. The Kier molecular flexibility index (Phi) is 7.09. The van der Waals surface area contributed by atoms with Gasteiger partial charge in [0.25, 0.3) is 16.0 Å². The monoisotopic (exact) mass is 475 g/mol. The van der Waals surface area contributed by atoms with E-state index in [1.807, 2.05) is 0 Å². The summed E-state index contributed by atoms with van der Waals surface area (Å²) in [7, 11) is -2.39. The number of amidine groups is 1. The molecule has 1 atom stereocenters. The second kappa shape index (κ2) is 9.79. The molecule has 1 saturated heterocycles. The van der Waals surface area contributed by atoms with Crippen molar-refractivity contribution in [2.24, 2.45) is 0 Å². The third-order valence-corrected chi connectivity index (χ3v) is 5.18. The first-order valence-corrected chi connectivity index (χ1v) is 11.4. The molecule has 2 N–H and O–H groups in total. The number of cyclic esters (lactones) is 1. The summed E-state index contributed by atoms with van der Waals surface area (Å²) in [4.78, 5) is 37.2. The van der Waals surface area contributed by atoms with Crippen molar-refractivity contribution in [2.75, 3.05) is 31.4 Å². The van der Waals surface area contributed by atoms with E-state index in [0.29, 0.717) is 16.8 Å². The van der Waals surface area contributed by atoms with Crippen LogP contribution in [-0.4, -0.2) is 64.8 Å². The van der Waals surface area contributed by atoms with Gasteiger partial charge in [0.2, 0.25) is 0 Å². The molecule has 2 aromatic rings. The van der Waals surface area contributed by atoms with Crippen molar-refractivity contribution in [3.8, 4) is 0 Å². The molecule has 0 saturated carbocycles. The fourth-order valence-electron chi connectivity index (χ4n) is 2.96. The molecule has 2 aromatic carbocycles. The molecule has 0 aromatic heterocycles. The van der Waals surface area contributed by atoms with E-state index in [0.717, 1.165) is 6.26 Å². The van der Waals surface area contributed by atoms with Crippen LogP contribution in [0.25, 0.3) is 0 Å². The van der Waals surface area contributed by atoms with E-state index in [9.17, 15) is 22.8 Å². The zero-order chi connectivity index (χ0) is 24.2. The molecule has 0 bridgehead atoms. The molecule has 11 nitrogen and oxygen atoms in total. The molecule has 1 aliphatic heterocycles. The molecule has 0 aliphatic carbocycles. The molecular formula is C21H21N3O8S. The van der Waals surface area contributed by atoms with Gasteiger partial charge in [0, 0.05) is 16.8 Å². The summed E-state index contributed by atoms with van der Waals surface area (Å²) >= 11 is 0. The largest absolute Gasteiger partial charge is 0.465 e. The molecule has 174 valence electrons. The zero-order valence-electron chi connectivity index (χ0n) is 17.7. The van der Waals surface area contributed by atoms with Gasteiger partial charge >= 0.3 is 12.1 Å². The Morgan fingerprint density at radius 2 is 1.67 bits per heavy atom. The molecule has 1 unspecified atom stereocenters. The number of anilines is 1. The van der Waals surface area contributed by atoms with Crippen LogP contribution in [-0.2, 0) is 23.8 Å². The van der Waals surface area contributed by atoms with E-state index >= 15 is 0 Å². The van der Waals surface area contributed by atoms with Crippen molar-refractivity contribution in [1.82, 2.24) is 5.32 Å². The Balaban J connectivity index is 1.60. The number of methoxy groups -OCH3 is 1. The van der Waals surface area contributed by atoms with Crippen LogP contribution in [0.3, 0.4) is 0 Å². The van der Waals surface area contributed by atoms with Crippen LogP contribution in [0.2, 0.25) is 0 Å². The number of hydrogen-bond donors (Lipinski definition) is 2. The van der Waals surface area contributed by atoms with Crippen molar-refractivity contribution in [3.05, 3.63) is 65.2 Å².